The molecular formula is C12H20N4O4S. The first-order chi connectivity index (χ1) is 9.85. The number of hydrogen-bond acceptors (Lipinski definition) is 6. The van der Waals surface area contributed by atoms with Gasteiger partial charge in [0.2, 0.25) is 10.0 Å². The van der Waals surface area contributed by atoms with Gasteiger partial charge in [0.15, 0.2) is 0 Å². The molecule has 0 bridgehead atoms. The lowest BCUT2D eigenvalue weighted by molar-refractivity contribution is -0.384. The van der Waals surface area contributed by atoms with Gasteiger partial charge in [-0.15, -0.1) is 0 Å². The van der Waals surface area contributed by atoms with Crippen LogP contribution < -0.4 is 16.0 Å². The van der Waals surface area contributed by atoms with E-state index in [0.29, 0.717) is 6.54 Å². The third-order valence-corrected chi connectivity index (χ3v) is 4.77. The number of benzene rings is 1. The minimum absolute atomic E-state index is 0.0546. The molecule has 0 fully saturated rings. The molecule has 0 spiro atoms. The molecule has 1 aromatic rings. The maximum atomic E-state index is 12.2. The predicted molar refractivity (Wildman–Crippen MR) is 80.2 cm³/mol. The Hall–Kier alpha value is -1.71. The van der Waals surface area contributed by atoms with Gasteiger partial charge in [-0.25, -0.2) is 13.1 Å². The maximum absolute atomic E-state index is 12.2. The standard InChI is InChI=1S/C12H20N4O4S/c1-3-9(4-2)8-14-21(19,20)10-5-6-11(15-13)12(7-10)16(17)18/h5-7,9,14-15H,3-4,8,13H2,1-2H3. The van der Waals surface area contributed by atoms with Crippen LogP contribution in [0.15, 0.2) is 23.1 Å². The van der Waals surface area contributed by atoms with Gasteiger partial charge in [-0.3, -0.25) is 16.0 Å². The Morgan fingerprint density at radius 1 is 1.33 bits per heavy atom. The summed E-state index contributed by atoms with van der Waals surface area (Å²) in [6.07, 6.45) is 1.71. The van der Waals surface area contributed by atoms with Gasteiger partial charge in [0.1, 0.15) is 5.69 Å². The second kappa shape index (κ2) is 7.34. The molecule has 8 nitrogen and oxygen atoms in total. The van der Waals surface area contributed by atoms with Crippen LogP contribution in [0.3, 0.4) is 0 Å². The van der Waals surface area contributed by atoms with Crippen LogP contribution in [0.25, 0.3) is 0 Å². The minimum atomic E-state index is -3.78. The van der Waals surface area contributed by atoms with Gasteiger partial charge in [-0.05, 0) is 18.1 Å². The van der Waals surface area contributed by atoms with Crippen molar-refractivity contribution in [1.29, 1.82) is 0 Å². The number of nitro benzene ring substituents is 1. The second-order valence-corrected chi connectivity index (χ2v) is 6.38. The molecule has 9 heteroatoms. The quantitative estimate of drug-likeness (QED) is 0.380. The van der Waals surface area contributed by atoms with Crippen molar-refractivity contribution in [2.24, 2.45) is 11.8 Å². The van der Waals surface area contributed by atoms with Crippen LogP contribution in [-0.4, -0.2) is 19.9 Å². The normalized spacial score (nSPS) is 11.6. The Labute approximate surface area is 123 Å². The molecule has 0 aliphatic heterocycles. The van der Waals surface area contributed by atoms with Crippen LogP contribution in [0.1, 0.15) is 26.7 Å². The minimum Gasteiger partial charge on any atom is -0.318 e. The van der Waals surface area contributed by atoms with E-state index in [9.17, 15) is 18.5 Å². The van der Waals surface area contributed by atoms with E-state index in [0.717, 1.165) is 18.9 Å². The number of nitrogens with one attached hydrogen (secondary N) is 2. The summed E-state index contributed by atoms with van der Waals surface area (Å²) in [6.45, 7) is 4.27. The third-order valence-electron chi connectivity index (χ3n) is 3.35. The lowest BCUT2D eigenvalue weighted by Crippen LogP contribution is -2.29. The van der Waals surface area contributed by atoms with E-state index in [1.165, 1.54) is 12.1 Å². The number of hydrogen-bond donors (Lipinski definition) is 3. The second-order valence-electron chi connectivity index (χ2n) is 4.61. The Bertz CT molecular complexity index is 599. The molecule has 21 heavy (non-hydrogen) atoms. The zero-order chi connectivity index (χ0) is 16.0. The van der Waals surface area contributed by atoms with Gasteiger partial charge in [-0.2, -0.15) is 0 Å². The van der Waals surface area contributed by atoms with E-state index < -0.39 is 14.9 Å². The highest BCUT2D eigenvalue weighted by Gasteiger charge is 2.21. The molecule has 118 valence electrons. The van der Waals surface area contributed by atoms with E-state index in [4.69, 9.17) is 5.84 Å². The molecule has 0 atom stereocenters. The molecule has 4 N–H and O–H groups in total. The Balaban J connectivity index is 3.03. The third kappa shape index (κ3) is 4.38. The molecule has 0 saturated carbocycles. The van der Waals surface area contributed by atoms with Crippen LogP contribution in [0.5, 0.6) is 0 Å². The Morgan fingerprint density at radius 2 is 1.95 bits per heavy atom. The van der Waals surface area contributed by atoms with E-state index in [1.807, 2.05) is 13.8 Å². The molecular weight excluding hydrogens is 296 g/mol. The van der Waals surface area contributed by atoms with E-state index in [2.05, 4.69) is 10.1 Å². The zero-order valence-corrected chi connectivity index (χ0v) is 12.8. The largest absolute Gasteiger partial charge is 0.318 e. The molecule has 1 rings (SSSR count). The molecule has 0 aliphatic rings. The number of nitrogen functional groups attached to an aromatic ring is 1. The first-order valence-corrected chi connectivity index (χ1v) is 8.08. The van der Waals surface area contributed by atoms with Crippen molar-refractivity contribution < 1.29 is 13.3 Å². The summed E-state index contributed by atoms with van der Waals surface area (Å²) in [5.74, 6) is 5.40. The van der Waals surface area contributed by atoms with Crippen molar-refractivity contribution in [2.75, 3.05) is 12.0 Å². The topological polar surface area (TPSA) is 127 Å². The van der Waals surface area contributed by atoms with Crippen LogP contribution >= 0.6 is 0 Å². The average Bonchev–Trinajstić information content (AvgIpc) is 2.47. The fraction of sp³-hybridized carbons (Fsp3) is 0.500. The van der Waals surface area contributed by atoms with Crippen molar-refractivity contribution in [3.63, 3.8) is 0 Å². The number of hydrazine groups is 1. The molecule has 0 amide bonds. The first-order valence-electron chi connectivity index (χ1n) is 6.60. The summed E-state index contributed by atoms with van der Waals surface area (Å²) in [5.41, 5.74) is 1.84. The molecule has 0 aliphatic carbocycles. The smallest absolute Gasteiger partial charge is 0.294 e. The lowest BCUT2D eigenvalue weighted by Gasteiger charge is -2.13. The van der Waals surface area contributed by atoms with Crippen molar-refractivity contribution in [2.45, 2.75) is 31.6 Å². The highest BCUT2D eigenvalue weighted by molar-refractivity contribution is 7.89. The van der Waals surface area contributed by atoms with Crippen LogP contribution in [0.2, 0.25) is 0 Å². The number of nitro groups is 1. The van der Waals surface area contributed by atoms with Gasteiger partial charge >= 0.3 is 0 Å². The average molecular weight is 316 g/mol. The summed E-state index contributed by atoms with van der Waals surface area (Å²) in [4.78, 5) is 10.1. The fourth-order valence-corrected chi connectivity index (χ4v) is 2.98. The molecule has 0 unspecified atom stereocenters. The molecule has 0 saturated heterocycles. The molecule has 0 radical (unpaired) electrons. The number of rotatable bonds is 8. The highest BCUT2D eigenvalue weighted by atomic mass is 32.2. The summed E-state index contributed by atoms with van der Waals surface area (Å²) in [5, 5.41) is 10.9. The van der Waals surface area contributed by atoms with Crippen LogP contribution in [0.4, 0.5) is 11.4 Å². The number of nitrogens with zero attached hydrogens (tertiary/aromatic N) is 1. The first kappa shape index (κ1) is 17.3. The number of sulfonamides is 1. The summed E-state index contributed by atoms with van der Waals surface area (Å²) >= 11 is 0. The Morgan fingerprint density at radius 3 is 2.43 bits per heavy atom. The SMILES string of the molecule is CCC(CC)CNS(=O)(=O)c1ccc(NN)c([N+](=O)[O-])c1. The van der Waals surface area contributed by atoms with Crippen molar-refractivity contribution >= 4 is 21.4 Å². The van der Waals surface area contributed by atoms with Gasteiger partial charge in [-0.1, -0.05) is 26.7 Å². The molecule has 1 aromatic carbocycles. The van der Waals surface area contributed by atoms with Gasteiger partial charge in [0, 0.05) is 12.6 Å². The lowest BCUT2D eigenvalue weighted by atomic mass is 10.0. The van der Waals surface area contributed by atoms with Gasteiger partial charge in [0.05, 0.1) is 9.82 Å². The Kier molecular flexibility index (Phi) is 6.06. The fourth-order valence-electron chi connectivity index (χ4n) is 1.84. The summed E-state index contributed by atoms with van der Waals surface area (Å²) in [7, 11) is -3.78. The number of nitrogens with two attached hydrogens (primary N) is 1. The van der Waals surface area contributed by atoms with Crippen molar-refractivity contribution in [1.82, 2.24) is 4.72 Å². The van der Waals surface area contributed by atoms with Crippen LogP contribution in [-0.2, 0) is 10.0 Å². The van der Waals surface area contributed by atoms with Gasteiger partial charge in [0.25, 0.3) is 5.69 Å². The molecule has 0 aromatic heterocycles. The van der Waals surface area contributed by atoms with Gasteiger partial charge < -0.3 is 5.43 Å². The van der Waals surface area contributed by atoms with Crippen molar-refractivity contribution in [3.8, 4) is 0 Å². The number of anilines is 1. The van der Waals surface area contributed by atoms with E-state index in [1.54, 1.807) is 0 Å². The van der Waals surface area contributed by atoms with E-state index >= 15 is 0 Å². The highest BCUT2D eigenvalue weighted by Crippen LogP contribution is 2.26. The predicted octanol–water partition coefficient (Wildman–Crippen LogP) is 1.59. The molecule has 0 heterocycles. The maximum Gasteiger partial charge on any atom is 0.294 e. The van der Waals surface area contributed by atoms with E-state index in [-0.39, 0.29) is 22.2 Å². The zero-order valence-electron chi connectivity index (χ0n) is 12.0. The van der Waals surface area contributed by atoms with Crippen molar-refractivity contribution in [3.05, 3.63) is 28.3 Å². The summed E-state index contributed by atoms with van der Waals surface area (Å²) in [6, 6.07) is 3.53. The van der Waals surface area contributed by atoms with Crippen LogP contribution in [0, 0.1) is 16.0 Å². The monoisotopic (exact) mass is 316 g/mol. The summed E-state index contributed by atoms with van der Waals surface area (Å²) < 4.78 is 26.8.